The Kier molecular flexibility index (Phi) is 1.19. The first-order valence-electron chi connectivity index (χ1n) is 4.97. The van der Waals surface area contributed by atoms with Gasteiger partial charge in [0.05, 0.1) is 0 Å². The van der Waals surface area contributed by atoms with Gasteiger partial charge in [0.25, 0.3) is 0 Å². The number of nitrogens with zero attached hydrogens (tertiary/aromatic N) is 2. The van der Waals surface area contributed by atoms with Gasteiger partial charge >= 0.3 is 5.97 Å². The highest BCUT2D eigenvalue weighted by molar-refractivity contribution is 5.84. The fourth-order valence-corrected chi connectivity index (χ4v) is 0.880. The lowest BCUT2D eigenvalue weighted by Gasteiger charge is -2.17. The maximum Gasteiger partial charge on any atom is 0.327 e. The molecule has 0 unspecified atom stereocenters. The Balaban J connectivity index is 3.06. The molecule has 1 aliphatic rings. The number of aliphatic imine (C=N–C) groups is 1. The lowest BCUT2D eigenvalue weighted by Crippen LogP contribution is -2.36. The molecule has 5 heteroatoms. The number of rotatable bonds is 0. The van der Waals surface area contributed by atoms with Crippen LogP contribution in [0.2, 0.25) is 0 Å². The minimum Gasteiger partial charge on any atom is -0.436 e. The van der Waals surface area contributed by atoms with Gasteiger partial charge in [0.1, 0.15) is 6.54 Å². The topological polar surface area (TPSA) is 67.9 Å². The second-order valence-electron chi connectivity index (χ2n) is 2.98. The van der Waals surface area contributed by atoms with Gasteiger partial charge in [0.2, 0.25) is 5.72 Å². The van der Waals surface area contributed by atoms with Crippen LogP contribution >= 0.6 is 0 Å². The van der Waals surface area contributed by atoms with Crippen molar-refractivity contribution in [1.82, 2.24) is 4.90 Å². The normalized spacial score (nSPS) is 27.5. The fourth-order valence-electron chi connectivity index (χ4n) is 0.880. The van der Waals surface area contributed by atoms with Crippen molar-refractivity contribution in [2.75, 3.05) is 13.5 Å². The van der Waals surface area contributed by atoms with Gasteiger partial charge in [0.15, 0.2) is 5.96 Å². The second kappa shape index (κ2) is 2.66. The number of cyclic esters (lactones) is 1. The average Bonchev–Trinajstić information content (AvgIpc) is 2.03. The van der Waals surface area contributed by atoms with E-state index in [2.05, 4.69) is 4.99 Å². The molecule has 0 spiro atoms. The van der Waals surface area contributed by atoms with E-state index < -0.39 is 25.2 Å². The summed E-state index contributed by atoms with van der Waals surface area (Å²) in [5, 5.41) is 0. The van der Waals surface area contributed by atoms with Crippen LogP contribution in [0.3, 0.4) is 0 Å². The van der Waals surface area contributed by atoms with Crippen LogP contribution in [0.25, 0.3) is 0 Å². The molecule has 0 radical (unpaired) electrons. The molecular weight excluding hydrogens is 158 g/mol. The fraction of sp³-hybridized carbons (Fsp3) is 0.714. The molecule has 0 aromatic heterocycles. The van der Waals surface area contributed by atoms with Crippen molar-refractivity contribution < 1.29 is 13.6 Å². The lowest BCUT2D eigenvalue weighted by atomic mass is 10.3. The standard InChI is InChI=1S/C7H13N3O2/c1-7(2)9-6(8)10(3)4-5(11)12-7/h4H2,1-3H3,(H2,8,9)/i3D3. The summed E-state index contributed by atoms with van der Waals surface area (Å²) in [6.07, 6.45) is 0. The minimum atomic E-state index is -2.49. The van der Waals surface area contributed by atoms with Crippen LogP contribution in [0.15, 0.2) is 4.99 Å². The van der Waals surface area contributed by atoms with Crippen molar-refractivity contribution in [1.29, 1.82) is 0 Å². The quantitative estimate of drug-likeness (QED) is 0.504. The van der Waals surface area contributed by atoms with E-state index in [9.17, 15) is 4.79 Å². The number of ether oxygens (including phenoxy) is 1. The smallest absolute Gasteiger partial charge is 0.327 e. The number of hydrogen-bond donors (Lipinski definition) is 1. The molecule has 0 aromatic carbocycles. The largest absolute Gasteiger partial charge is 0.436 e. The molecule has 12 heavy (non-hydrogen) atoms. The third kappa shape index (κ3) is 1.87. The zero-order valence-electron chi connectivity index (χ0n) is 10.00. The van der Waals surface area contributed by atoms with Gasteiger partial charge in [-0.1, -0.05) is 0 Å². The highest BCUT2D eigenvalue weighted by Crippen LogP contribution is 2.14. The van der Waals surface area contributed by atoms with E-state index in [1.165, 1.54) is 13.8 Å². The molecule has 0 bridgehead atoms. The predicted molar refractivity (Wildman–Crippen MR) is 44.4 cm³/mol. The van der Waals surface area contributed by atoms with Crippen molar-refractivity contribution in [2.45, 2.75) is 19.6 Å². The van der Waals surface area contributed by atoms with Crippen LogP contribution in [0.1, 0.15) is 18.0 Å². The number of nitrogens with two attached hydrogens (primary N) is 1. The van der Waals surface area contributed by atoms with Gasteiger partial charge < -0.3 is 15.4 Å². The predicted octanol–water partition coefficient (Wildman–Crippen LogP) is -0.474. The monoisotopic (exact) mass is 174 g/mol. The summed E-state index contributed by atoms with van der Waals surface area (Å²) < 4.78 is 26.4. The Labute approximate surface area is 75.4 Å². The maximum atomic E-state index is 11.3. The Morgan fingerprint density at radius 2 is 2.50 bits per heavy atom. The molecule has 0 atom stereocenters. The van der Waals surface area contributed by atoms with Gasteiger partial charge in [0, 0.05) is 11.1 Å². The average molecular weight is 174 g/mol. The molecule has 2 N–H and O–H groups in total. The number of esters is 1. The minimum absolute atomic E-state index is 0.217. The van der Waals surface area contributed by atoms with E-state index in [-0.39, 0.29) is 5.96 Å². The highest BCUT2D eigenvalue weighted by Gasteiger charge is 2.27. The van der Waals surface area contributed by atoms with Crippen LogP contribution in [0.5, 0.6) is 0 Å². The van der Waals surface area contributed by atoms with Crippen LogP contribution in [0, 0.1) is 0 Å². The molecule has 0 aliphatic carbocycles. The first kappa shape index (κ1) is 5.40. The number of hydrogen-bond acceptors (Lipinski definition) is 5. The highest BCUT2D eigenvalue weighted by atomic mass is 16.6. The summed E-state index contributed by atoms with van der Waals surface area (Å²) in [6, 6.07) is 0. The number of guanidine groups is 1. The molecule has 68 valence electrons. The van der Waals surface area contributed by atoms with Crippen molar-refractivity contribution in [3.8, 4) is 0 Å². The lowest BCUT2D eigenvalue weighted by molar-refractivity contribution is -0.154. The second-order valence-corrected chi connectivity index (χ2v) is 2.98. The van der Waals surface area contributed by atoms with Crippen molar-refractivity contribution in [2.24, 2.45) is 10.7 Å². The molecule has 0 aromatic rings. The van der Waals surface area contributed by atoms with E-state index in [4.69, 9.17) is 14.6 Å². The molecule has 0 saturated heterocycles. The zero-order chi connectivity index (χ0) is 11.9. The molecule has 1 rings (SSSR count). The Bertz CT molecular complexity index is 311. The molecule has 1 heterocycles. The maximum absolute atomic E-state index is 11.3. The van der Waals surface area contributed by atoms with E-state index >= 15 is 0 Å². The summed E-state index contributed by atoms with van der Waals surface area (Å²) in [5.41, 5.74) is 4.36. The van der Waals surface area contributed by atoms with Crippen LogP contribution in [-0.2, 0) is 9.53 Å². The summed E-state index contributed by atoms with van der Waals surface area (Å²) >= 11 is 0. The molecule has 0 amide bonds. The van der Waals surface area contributed by atoms with Gasteiger partial charge in [-0.2, -0.15) is 0 Å². The molecule has 0 fully saturated rings. The van der Waals surface area contributed by atoms with E-state index in [1.807, 2.05) is 0 Å². The van der Waals surface area contributed by atoms with E-state index in [0.29, 0.717) is 0 Å². The molecule has 0 saturated carbocycles. The van der Waals surface area contributed by atoms with Gasteiger partial charge in [-0.3, -0.25) is 4.79 Å². The molecule has 5 nitrogen and oxygen atoms in total. The number of carbonyl (C=O) groups is 1. The van der Waals surface area contributed by atoms with Crippen LogP contribution in [-0.4, -0.2) is 36.1 Å². The van der Waals surface area contributed by atoms with Crippen molar-refractivity contribution >= 4 is 11.9 Å². The van der Waals surface area contributed by atoms with Crippen LogP contribution in [0.4, 0.5) is 0 Å². The number of carbonyl (C=O) groups excluding carboxylic acids is 1. The van der Waals surface area contributed by atoms with E-state index in [0.717, 1.165) is 4.90 Å². The summed E-state index contributed by atoms with van der Waals surface area (Å²) in [5.74, 6) is -0.883. The van der Waals surface area contributed by atoms with Gasteiger partial charge in [-0.15, -0.1) is 0 Å². The summed E-state index contributed by atoms with van der Waals surface area (Å²) in [4.78, 5) is 15.8. The zero-order valence-corrected chi connectivity index (χ0v) is 7.00. The van der Waals surface area contributed by atoms with Crippen LogP contribution < -0.4 is 5.73 Å². The summed E-state index contributed by atoms with van der Waals surface area (Å²) in [6.45, 7) is 0.143. The number of likely N-dealkylation sites (N-methyl/N-ethyl adjacent to an activating group) is 1. The SMILES string of the molecule is [2H]C([2H])([2H])N1CC(=O)OC(C)(C)N=C1N. The Morgan fingerprint density at radius 1 is 1.83 bits per heavy atom. The van der Waals surface area contributed by atoms with Gasteiger partial charge in [-0.25, -0.2) is 4.99 Å². The third-order valence-electron chi connectivity index (χ3n) is 1.31. The van der Waals surface area contributed by atoms with Crippen molar-refractivity contribution in [3.05, 3.63) is 0 Å². The Hall–Kier alpha value is -1.26. The first-order valence-corrected chi connectivity index (χ1v) is 3.47. The van der Waals surface area contributed by atoms with E-state index in [1.54, 1.807) is 0 Å². The Morgan fingerprint density at radius 3 is 3.08 bits per heavy atom. The summed E-state index contributed by atoms with van der Waals surface area (Å²) in [7, 11) is 0. The third-order valence-corrected chi connectivity index (χ3v) is 1.31. The van der Waals surface area contributed by atoms with Crippen molar-refractivity contribution in [3.63, 3.8) is 0 Å². The molecular formula is C7H13N3O2. The first-order chi connectivity index (χ1) is 6.62. The molecule has 1 aliphatic heterocycles. The van der Waals surface area contributed by atoms with Gasteiger partial charge in [-0.05, 0) is 13.8 Å².